The second-order valence-electron chi connectivity index (χ2n) is 9.49. The molecule has 2 aliphatic rings. The zero-order valence-corrected chi connectivity index (χ0v) is 20.3. The van der Waals surface area contributed by atoms with E-state index in [-0.39, 0.29) is 18.2 Å². The maximum atomic E-state index is 14.6. The number of hydrogen-bond donors (Lipinski definition) is 1. The molecular formula is C26H35FN2O3S. The average Bonchev–Trinajstić information content (AvgIpc) is 2.77. The molecule has 2 atom stereocenters. The number of carboxylic acid groups (broad SMARTS) is 1. The summed E-state index contributed by atoms with van der Waals surface area (Å²) in [5.74, 6) is 1.39. The summed E-state index contributed by atoms with van der Waals surface area (Å²) in [7, 11) is 1.61. The Balaban J connectivity index is 1.34. The Morgan fingerprint density at radius 3 is 2.88 bits per heavy atom. The fraction of sp³-hybridized carbons (Fsp3) is 0.615. The molecule has 2 heterocycles. The maximum Gasteiger partial charge on any atom is 0.303 e. The largest absolute Gasteiger partial charge is 0.497 e. The first-order chi connectivity index (χ1) is 16.0. The molecule has 1 aromatic heterocycles. The van der Waals surface area contributed by atoms with Gasteiger partial charge >= 0.3 is 5.97 Å². The van der Waals surface area contributed by atoms with Crippen LogP contribution in [-0.2, 0) is 11.2 Å². The predicted octanol–water partition coefficient (Wildman–Crippen LogP) is 5.40. The van der Waals surface area contributed by atoms with Gasteiger partial charge in [-0.2, -0.15) is 11.8 Å². The number of carbonyl (C=O) groups is 1. The summed E-state index contributed by atoms with van der Waals surface area (Å²) in [6.45, 7) is 2.96. The van der Waals surface area contributed by atoms with E-state index in [9.17, 15) is 14.3 Å². The summed E-state index contributed by atoms with van der Waals surface area (Å²) in [6, 6.07) is 5.55. The van der Waals surface area contributed by atoms with Gasteiger partial charge in [-0.15, -0.1) is 0 Å². The van der Waals surface area contributed by atoms with Crippen LogP contribution in [0.25, 0.3) is 10.9 Å². The number of rotatable bonds is 11. The minimum Gasteiger partial charge on any atom is -0.497 e. The number of ether oxygens (including phenoxy) is 1. The van der Waals surface area contributed by atoms with Crippen LogP contribution in [0.4, 0.5) is 4.39 Å². The molecule has 2 fully saturated rings. The molecule has 0 amide bonds. The van der Waals surface area contributed by atoms with Gasteiger partial charge in [0.2, 0.25) is 0 Å². The molecule has 1 aliphatic heterocycles. The lowest BCUT2D eigenvalue weighted by Crippen LogP contribution is -2.42. The van der Waals surface area contributed by atoms with Gasteiger partial charge in [0, 0.05) is 35.9 Å². The number of pyridine rings is 1. The van der Waals surface area contributed by atoms with Crippen LogP contribution >= 0.6 is 11.8 Å². The molecule has 4 rings (SSSR count). The fourth-order valence-corrected chi connectivity index (χ4v) is 6.57. The van der Waals surface area contributed by atoms with Gasteiger partial charge in [-0.3, -0.25) is 9.78 Å². The van der Waals surface area contributed by atoms with Crippen molar-refractivity contribution in [3.8, 4) is 5.75 Å². The molecule has 1 aromatic carbocycles. The third kappa shape index (κ3) is 6.38. The van der Waals surface area contributed by atoms with Gasteiger partial charge in [0.05, 0.1) is 18.8 Å². The van der Waals surface area contributed by atoms with Crippen molar-refractivity contribution in [2.24, 2.45) is 11.8 Å². The molecule has 33 heavy (non-hydrogen) atoms. The standard InChI is InChI=1S/C26H35FN2O3S/c1-32-20-8-9-25-23(15-20)22(24(27)16-28-25)7-2-4-18-10-11-29(17-19(18)14-26(30)31)12-13-33-21-5-3-6-21/h8-9,15-16,18-19,21H,2-7,10-14,17H2,1H3,(H,30,31)/t18-,19-/m1/s1. The number of aromatic nitrogens is 1. The smallest absolute Gasteiger partial charge is 0.303 e. The Morgan fingerprint density at radius 2 is 2.15 bits per heavy atom. The summed E-state index contributed by atoms with van der Waals surface area (Å²) >= 11 is 2.08. The minimum atomic E-state index is -0.714. The summed E-state index contributed by atoms with van der Waals surface area (Å²) < 4.78 is 20.0. The Kier molecular flexibility index (Phi) is 8.47. The van der Waals surface area contributed by atoms with E-state index in [4.69, 9.17) is 4.74 Å². The van der Waals surface area contributed by atoms with Gasteiger partial charge in [-0.1, -0.05) is 6.42 Å². The number of hydrogen-bond acceptors (Lipinski definition) is 5. The molecule has 0 radical (unpaired) electrons. The van der Waals surface area contributed by atoms with Crippen LogP contribution in [0.1, 0.15) is 50.5 Å². The Labute approximate surface area is 200 Å². The molecule has 0 spiro atoms. The van der Waals surface area contributed by atoms with Crippen molar-refractivity contribution in [2.75, 3.05) is 32.5 Å². The molecule has 5 nitrogen and oxygen atoms in total. The van der Waals surface area contributed by atoms with Crippen LogP contribution < -0.4 is 4.74 Å². The van der Waals surface area contributed by atoms with Crippen molar-refractivity contribution in [1.29, 1.82) is 0 Å². The Morgan fingerprint density at radius 1 is 1.30 bits per heavy atom. The van der Waals surface area contributed by atoms with Crippen LogP contribution in [0.5, 0.6) is 5.75 Å². The van der Waals surface area contributed by atoms with Crippen LogP contribution in [0.2, 0.25) is 0 Å². The fourth-order valence-electron chi connectivity index (χ4n) is 5.20. The normalized spacial score (nSPS) is 21.8. The number of carboxylic acids is 1. The van der Waals surface area contributed by atoms with Gasteiger partial charge in [0.25, 0.3) is 0 Å². The number of aryl methyl sites for hydroxylation is 1. The van der Waals surface area contributed by atoms with E-state index in [1.807, 2.05) is 18.2 Å². The summed E-state index contributed by atoms with van der Waals surface area (Å²) in [4.78, 5) is 18.2. The number of benzene rings is 1. The van der Waals surface area contributed by atoms with E-state index in [0.29, 0.717) is 23.7 Å². The van der Waals surface area contributed by atoms with E-state index < -0.39 is 5.97 Å². The molecule has 1 N–H and O–H groups in total. The first kappa shape index (κ1) is 24.3. The first-order valence-electron chi connectivity index (χ1n) is 12.2. The molecular weight excluding hydrogens is 439 g/mol. The monoisotopic (exact) mass is 474 g/mol. The van der Waals surface area contributed by atoms with Gasteiger partial charge in [-0.25, -0.2) is 4.39 Å². The van der Waals surface area contributed by atoms with Crippen molar-refractivity contribution in [2.45, 2.75) is 56.6 Å². The highest BCUT2D eigenvalue weighted by atomic mass is 32.2. The van der Waals surface area contributed by atoms with Gasteiger partial charge < -0.3 is 14.7 Å². The number of likely N-dealkylation sites (tertiary alicyclic amines) is 1. The minimum absolute atomic E-state index is 0.170. The van der Waals surface area contributed by atoms with Crippen molar-refractivity contribution in [1.82, 2.24) is 9.88 Å². The molecule has 1 saturated carbocycles. The van der Waals surface area contributed by atoms with Gasteiger partial charge in [-0.05, 0) is 80.7 Å². The first-order valence-corrected chi connectivity index (χ1v) is 13.2. The Hall–Kier alpha value is -1.86. The highest BCUT2D eigenvalue weighted by Gasteiger charge is 2.30. The van der Waals surface area contributed by atoms with Crippen molar-refractivity contribution in [3.05, 3.63) is 35.8 Å². The second kappa shape index (κ2) is 11.5. The number of halogens is 1. The number of nitrogens with zero attached hydrogens (tertiary/aromatic N) is 2. The lowest BCUT2D eigenvalue weighted by molar-refractivity contribution is -0.139. The quantitative estimate of drug-likeness (QED) is 0.470. The lowest BCUT2D eigenvalue weighted by Gasteiger charge is -2.38. The van der Waals surface area contributed by atoms with Crippen LogP contribution in [-0.4, -0.2) is 58.7 Å². The molecule has 0 unspecified atom stereocenters. The van der Waals surface area contributed by atoms with E-state index in [2.05, 4.69) is 21.6 Å². The third-order valence-corrected chi connectivity index (χ3v) is 8.72. The maximum absolute atomic E-state index is 14.6. The van der Waals surface area contributed by atoms with Gasteiger partial charge in [0.15, 0.2) is 0 Å². The van der Waals surface area contributed by atoms with E-state index >= 15 is 0 Å². The number of piperidine rings is 1. The summed E-state index contributed by atoms with van der Waals surface area (Å²) in [6.07, 6.45) is 9.02. The highest BCUT2D eigenvalue weighted by Crippen LogP contribution is 2.34. The topological polar surface area (TPSA) is 62.7 Å². The molecule has 180 valence electrons. The highest BCUT2D eigenvalue weighted by molar-refractivity contribution is 7.99. The SMILES string of the molecule is COc1ccc2ncc(F)c(CCC[C@@H]3CCN(CCSC4CCC4)C[C@H]3CC(=O)O)c2c1. The van der Waals surface area contributed by atoms with Crippen molar-refractivity contribution >= 4 is 28.6 Å². The van der Waals surface area contributed by atoms with E-state index in [1.54, 1.807) is 7.11 Å². The van der Waals surface area contributed by atoms with Crippen molar-refractivity contribution in [3.63, 3.8) is 0 Å². The summed E-state index contributed by atoms with van der Waals surface area (Å²) in [5, 5.41) is 11.1. The van der Waals surface area contributed by atoms with Crippen LogP contribution in [0.3, 0.4) is 0 Å². The zero-order chi connectivity index (χ0) is 23.2. The molecule has 1 saturated heterocycles. The van der Waals surface area contributed by atoms with E-state index in [1.165, 1.54) is 25.5 Å². The average molecular weight is 475 g/mol. The number of methoxy groups -OCH3 is 1. The second-order valence-corrected chi connectivity index (χ2v) is 10.9. The number of thioether (sulfide) groups is 1. The summed E-state index contributed by atoms with van der Waals surface area (Å²) in [5.41, 5.74) is 1.45. The van der Waals surface area contributed by atoms with Crippen LogP contribution in [0, 0.1) is 17.7 Å². The zero-order valence-electron chi connectivity index (χ0n) is 19.5. The van der Waals surface area contributed by atoms with Crippen LogP contribution in [0.15, 0.2) is 24.4 Å². The Bertz CT molecular complexity index is 953. The molecule has 0 bridgehead atoms. The third-order valence-electron chi connectivity index (χ3n) is 7.36. The molecule has 2 aromatic rings. The lowest BCUT2D eigenvalue weighted by atomic mass is 9.80. The number of fused-ring (bicyclic) bond motifs is 1. The molecule has 1 aliphatic carbocycles. The number of aliphatic carboxylic acids is 1. The molecule has 7 heteroatoms. The predicted molar refractivity (Wildman–Crippen MR) is 132 cm³/mol. The van der Waals surface area contributed by atoms with Gasteiger partial charge in [0.1, 0.15) is 11.6 Å². The van der Waals surface area contributed by atoms with Crippen molar-refractivity contribution < 1.29 is 19.0 Å². The van der Waals surface area contributed by atoms with E-state index in [0.717, 1.165) is 60.8 Å².